The fourth-order valence-electron chi connectivity index (χ4n) is 3.29. The van der Waals surface area contributed by atoms with Gasteiger partial charge in [0.2, 0.25) is 23.6 Å². The van der Waals surface area contributed by atoms with Gasteiger partial charge in [-0.05, 0) is 32.9 Å². The van der Waals surface area contributed by atoms with Crippen molar-refractivity contribution >= 4 is 53.0 Å². The van der Waals surface area contributed by atoms with E-state index in [1.807, 2.05) is 0 Å². The van der Waals surface area contributed by atoms with E-state index in [2.05, 4.69) is 16.0 Å². The lowest BCUT2D eigenvalue weighted by atomic mass is 10.0. The molecular weight excluding hydrogens is 453 g/mol. The third-order valence-corrected chi connectivity index (χ3v) is 5.20. The van der Waals surface area contributed by atoms with Crippen LogP contribution in [0.25, 0.3) is 0 Å². The van der Waals surface area contributed by atoms with Gasteiger partial charge in [0.1, 0.15) is 35.5 Å². The standard InChI is InChI=1S/C20H41B3N6O6/c1-15(30)12-27(18(33)9-21)7-4-25-17(32)14-29(20(35)11-23)8-5-26-16(31)13-28(6-3-24-2)19(34)10-22/h16,24,26,31H,3-14,21-23H2,1-2H3,(H,25,32). The Morgan fingerprint density at radius 1 is 0.771 bits per heavy atom. The molecular formula is C20H41B3N6O6. The van der Waals surface area contributed by atoms with Gasteiger partial charge in [-0.1, -0.05) is 0 Å². The smallest absolute Gasteiger partial charge is 0.239 e. The fraction of sp³-hybridized carbons (Fsp3) is 0.750. The van der Waals surface area contributed by atoms with Crippen LogP contribution in [-0.2, 0) is 24.0 Å². The van der Waals surface area contributed by atoms with E-state index in [1.54, 1.807) is 35.5 Å². The quantitative estimate of drug-likeness (QED) is 0.103. The molecule has 0 aliphatic carbocycles. The highest BCUT2D eigenvalue weighted by Crippen LogP contribution is 1.97. The first-order chi connectivity index (χ1) is 16.6. The van der Waals surface area contributed by atoms with Crippen molar-refractivity contribution in [1.82, 2.24) is 30.7 Å². The van der Waals surface area contributed by atoms with Gasteiger partial charge in [-0.2, -0.15) is 0 Å². The number of aliphatic hydroxyl groups is 1. The molecule has 0 aromatic rings. The zero-order valence-corrected chi connectivity index (χ0v) is 21.9. The minimum absolute atomic E-state index is 0.00672. The van der Waals surface area contributed by atoms with E-state index in [-0.39, 0.29) is 87.9 Å². The van der Waals surface area contributed by atoms with Crippen LogP contribution in [0.3, 0.4) is 0 Å². The first-order valence-corrected chi connectivity index (χ1v) is 12.2. The van der Waals surface area contributed by atoms with E-state index >= 15 is 0 Å². The first-order valence-electron chi connectivity index (χ1n) is 12.2. The lowest BCUT2D eigenvalue weighted by molar-refractivity contribution is -0.134. The average Bonchev–Trinajstić information content (AvgIpc) is 2.83. The molecule has 0 heterocycles. The van der Waals surface area contributed by atoms with Gasteiger partial charge in [-0.3, -0.25) is 29.3 Å². The maximum Gasteiger partial charge on any atom is 0.239 e. The zero-order chi connectivity index (χ0) is 26.8. The molecule has 0 aliphatic rings. The topological polar surface area (TPSA) is 151 Å². The summed E-state index contributed by atoms with van der Waals surface area (Å²) < 4.78 is 0. The van der Waals surface area contributed by atoms with Gasteiger partial charge in [-0.25, -0.2) is 0 Å². The van der Waals surface area contributed by atoms with Gasteiger partial charge in [-0.15, -0.1) is 0 Å². The van der Waals surface area contributed by atoms with Crippen LogP contribution in [0, 0.1) is 0 Å². The number of nitrogens with one attached hydrogen (secondary N) is 3. The maximum absolute atomic E-state index is 12.4. The summed E-state index contributed by atoms with van der Waals surface area (Å²) in [5.74, 6) is -0.981. The van der Waals surface area contributed by atoms with Crippen molar-refractivity contribution in [2.24, 2.45) is 0 Å². The normalized spacial score (nSPS) is 11.4. The lowest BCUT2D eigenvalue weighted by Crippen LogP contribution is -2.49. The predicted molar refractivity (Wildman–Crippen MR) is 141 cm³/mol. The third-order valence-electron chi connectivity index (χ3n) is 5.20. The van der Waals surface area contributed by atoms with Crippen molar-refractivity contribution in [3.8, 4) is 0 Å². The summed E-state index contributed by atoms with van der Waals surface area (Å²) in [7, 11) is 6.94. The molecule has 35 heavy (non-hydrogen) atoms. The SMILES string of the molecule is BCC(=O)N(CCNC(=O)CN(CCNC(O)CN(CCNC)C(=O)CB)C(=O)CB)CC(C)=O. The van der Waals surface area contributed by atoms with E-state index in [0.29, 0.717) is 19.4 Å². The molecule has 12 nitrogen and oxygen atoms in total. The van der Waals surface area contributed by atoms with E-state index < -0.39 is 6.23 Å². The molecule has 15 heteroatoms. The molecule has 0 bridgehead atoms. The number of likely N-dealkylation sites (N-methyl/N-ethyl adjacent to an activating group) is 1. The fourth-order valence-corrected chi connectivity index (χ4v) is 3.29. The molecule has 0 radical (unpaired) electrons. The van der Waals surface area contributed by atoms with Crippen molar-refractivity contribution in [3.05, 3.63) is 0 Å². The van der Waals surface area contributed by atoms with E-state index in [1.165, 1.54) is 16.7 Å². The summed E-state index contributed by atoms with van der Waals surface area (Å²) in [6, 6.07) is 0. The molecule has 0 aromatic heterocycles. The largest absolute Gasteiger partial charge is 0.377 e. The Labute approximate surface area is 211 Å². The van der Waals surface area contributed by atoms with Crippen molar-refractivity contribution in [2.45, 2.75) is 32.1 Å². The summed E-state index contributed by atoms with van der Waals surface area (Å²) in [5, 5.41) is 18.8. The summed E-state index contributed by atoms with van der Waals surface area (Å²) in [6.45, 7) is 3.21. The molecule has 0 fully saturated rings. The molecule has 1 unspecified atom stereocenters. The monoisotopic (exact) mass is 494 g/mol. The number of rotatable bonds is 19. The van der Waals surface area contributed by atoms with Gasteiger partial charge in [0, 0.05) is 39.3 Å². The maximum atomic E-state index is 12.4. The molecule has 0 saturated carbocycles. The van der Waals surface area contributed by atoms with Crippen LogP contribution >= 0.6 is 0 Å². The van der Waals surface area contributed by atoms with E-state index in [9.17, 15) is 29.1 Å². The Morgan fingerprint density at radius 2 is 1.26 bits per heavy atom. The van der Waals surface area contributed by atoms with E-state index in [4.69, 9.17) is 0 Å². The Hall–Kier alpha value is -2.38. The van der Waals surface area contributed by atoms with Crippen LogP contribution in [0.2, 0.25) is 19.0 Å². The molecule has 196 valence electrons. The minimum atomic E-state index is -0.974. The second-order valence-corrected chi connectivity index (χ2v) is 8.16. The molecule has 0 aromatic carbocycles. The highest BCUT2D eigenvalue weighted by atomic mass is 16.3. The number of hydrogen-bond donors (Lipinski definition) is 4. The number of amides is 4. The Kier molecular flexibility index (Phi) is 17.6. The van der Waals surface area contributed by atoms with Gasteiger partial charge in [0.25, 0.3) is 0 Å². The van der Waals surface area contributed by atoms with Crippen LogP contribution < -0.4 is 16.0 Å². The van der Waals surface area contributed by atoms with Gasteiger partial charge < -0.3 is 30.4 Å². The summed E-state index contributed by atoms with van der Waals surface area (Å²) >= 11 is 0. The summed E-state index contributed by atoms with van der Waals surface area (Å²) in [5.41, 5.74) is 0. The zero-order valence-electron chi connectivity index (χ0n) is 21.9. The Bertz CT molecular complexity index is 702. The van der Waals surface area contributed by atoms with Crippen molar-refractivity contribution in [2.75, 3.05) is 66.0 Å². The second-order valence-electron chi connectivity index (χ2n) is 8.16. The van der Waals surface area contributed by atoms with Gasteiger partial charge >= 0.3 is 0 Å². The number of ketones is 1. The minimum Gasteiger partial charge on any atom is -0.377 e. The van der Waals surface area contributed by atoms with Crippen LogP contribution in [0.1, 0.15) is 6.92 Å². The average molecular weight is 494 g/mol. The third kappa shape index (κ3) is 14.6. The first kappa shape index (κ1) is 32.6. The number of carbonyl (C=O) groups excluding carboxylic acids is 5. The molecule has 0 aliphatic heterocycles. The summed E-state index contributed by atoms with van der Waals surface area (Å²) in [6.07, 6.45) is -0.156. The molecule has 0 saturated heterocycles. The Morgan fingerprint density at radius 3 is 1.77 bits per heavy atom. The number of carbonyl (C=O) groups is 5. The number of Topliss-reactive ketones (excluding diaryl/α,β-unsaturated/α-hetero) is 1. The molecule has 4 N–H and O–H groups in total. The molecule has 1 atom stereocenters. The van der Waals surface area contributed by atoms with Crippen molar-refractivity contribution in [1.29, 1.82) is 0 Å². The molecule has 0 spiro atoms. The van der Waals surface area contributed by atoms with Crippen molar-refractivity contribution in [3.63, 3.8) is 0 Å². The number of hydrogen-bond acceptors (Lipinski definition) is 8. The summed E-state index contributed by atoms with van der Waals surface area (Å²) in [4.78, 5) is 64.3. The lowest BCUT2D eigenvalue weighted by Gasteiger charge is -2.27. The van der Waals surface area contributed by atoms with Crippen LogP contribution in [-0.4, -0.2) is 145 Å². The van der Waals surface area contributed by atoms with Gasteiger partial charge in [0.15, 0.2) is 0 Å². The highest BCUT2D eigenvalue weighted by Gasteiger charge is 2.19. The van der Waals surface area contributed by atoms with Crippen molar-refractivity contribution < 1.29 is 29.1 Å². The Balaban J connectivity index is 4.68. The second kappa shape index (κ2) is 18.9. The van der Waals surface area contributed by atoms with Crippen LogP contribution in [0.5, 0.6) is 0 Å². The molecule has 0 rings (SSSR count). The van der Waals surface area contributed by atoms with E-state index in [0.717, 1.165) is 0 Å². The highest BCUT2D eigenvalue weighted by molar-refractivity contribution is 6.20. The van der Waals surface area contributed by atoms with Crippen LogP contribution in [0.4, 0.5) is 0 Å². The number of aliphatic hydroxyl groups excluding tert-OH is 1. The van der Waals surface area contributed by atoms with Gasteiger partial charge in [0.05, 0.1) is 19.6 Å². The predicted octanol–water partition coefficient (Wildman–Crippen LogP) is -5.54. The number of nitrogens with zero attached hydrogens (tertiary/aromatic N) is 3. The van der Waals surface area contributed by atoms with Crippen LogP contribution in [0.15, 0.2) is 0 Å². The molecule has 4 amide bonds.